The van der Waals surface area contributed by atoms with Crippen LogP contribution in [0.15, 0.2) is 47.9 Å². The predicted molar refractivity (Wildman–Crippen MR) is 94.8 cm³/mol. The molecule has 0 radical (unpaired) electrons. The topological polar surface area (TPSA) is 61.4 Å². The van der Waals surface area contributed by atoms with E-state index in [1.54, 1.807) is 12.2 Å². The van der Waals surface area contributed by atoms with Crippen LogP contribution in [0.2, 0.25) is 0 Å². The Morgan fingerprint density at radius 2 is 1.96 bits per heavy atom. The first-order valence-corrected chi connectivity index (χ1v) is 7.32. The second-order valence-corrected chi connectivity index (χ2v) is 5.23. The molecule has 1 aromatic carbocycles. The van der Waals surface area contributed by atoms with E-state index in [1.165, 1.54) is 0 Å². The van der Waals surface area contributed by atoms with Crippen LogP contribution in [0.3, 0.4) is 0 Å². The third-order valence-electron chi connectivity index (χ3n) is 4.06. The number of aromatic nitrogens is 3. The Labute approximate surface area is 132 Å². The number of rotatable bonds is 3. The lowest BCUT2D eigenvalue weighted by Gasteiger charge is -2.05. The number of allylic oxidation sites excluding steroid dienone is 1. The summed E-state index contributed by atoms with van der Waals surface area (Å²) >= 11 is 0. The van der Waals surface area contributed by atoms with Gasteiger partial charge in [-0.3, -0.25) is 8.97 Å². The molecule has 5 heteroatoms. The first kappa shape index (κ1) is 13.5. The fourth-order valence-electron chi connectivity index (χ4n) is 3.04. The number of hydrogen-bond acceptors (Lipinski definition) is 3. The van der Waals surface area contributed by atoms with Gasteiger partial charge in [0.2, 0.25) is 11.5 Å². The highest BCUT2D eigenvalue weighted by molar-refractivity contribution is 6.03. The summed E-state index contributed by atoms with van der Waals surface area (Å²) < 4.78 is 9.74. The number of para-hydroxylation sites is 1. The molecule has 2 N–H and O–H groups in total. The molecule has 0 unspecified atom stereocenters. The van der Waals surface area contributed by atoms with Crippen LogP contribution in [0.1, 0.15) is 18.3 Å². The van der Waals surface area contributed by atoms with Gasteiger partial charge >= 0.3 is 0 Å². The van der Waals surface area contributed by atoms with Crippen molar-refractivity contribution < 1.29 is 4.42 Å². The van der Waals surface area contributed by atoms with Crippen molar-refractivity contribution in [1.29, 1.82) is 0 Å². The molecule has 114 valence electrons. The summed E-state index contributed by atoms with van der Waals surface area (Å²) in [4.78, 5) is 4.64. The maximum Gasteiger partial charge on any atom is 0.248 e. The van der Waals surface area contributed by atoms with Gasteiger partial charge in [0.1, 0.15) is 16.9 Å². The van der Waals surface area contributed by atoms with Gasteiger partial charge in [-0.05, 0) is 37.3 Å². The van der Waals surface area contributed by atoms with Gasteiger partial charge in [0.15, 0.2) is 0 Å². The molecule has 4 aromatic rings. The number of benzene rings is 1. The largest absolute Gasteiger partial charge is 0.436 e. The highest BCUT2D eigenvalue weighted by atomic mass is 16.3. The average Bonchev–Trinajstić information content (AvgIpc) is 3.18. The standard InChI is InChI=1S/C18H16N4O/c1-4-12-13(5-2)22-16-11-9-7-8-10-14(11)23-17(16)20-18(22)21(12)15(19)6-3/h4-10H,1-2,19H2,3H3/b15-6+. The molecule has 0 aliphatic heterocycles. The van der Waals surface area contributed by atoms with Crippen LogP contribution >= 0.6 is 0 Å². The molecule has 3 aromatic heterocycles. The predicted octanol–water partition coefficient (Wildman–Crippen LogP) is 4.10. The number of nitrogens with zero attached hydrogens (tertiary/aromatic N) is 3. The first-order chi connectivity index (χ1) is 11.2. The fraction of sp³-hybridized carbons (Fsp3) is 0.0556. The summed E-state index contributed by atoms with van der Waals surface area (Å²) in [6.07, 6.45) is 5.37. The van der Waals surface area contributed by atoms with E-state index in [0.717, 1.165) is 27.9 Å². The van der Waals surface area contributed by atoms with Crippen LogP contribution in [-0.2, 0) is 0 Å². The minimum absolute atomic E-state index is 0.579. The lowest BCUT2D eigenvalue weighted by atomic mass is 10.2. The van der Waals surface area contributed by atoms with Gasteiger partial charge in [-0.25, -0.2) is 0 Å². The Hall–Kier alpha value is -3.21. The summed E-state index contributed by atoms with van der Waals surface area (Å²) in [7, 11) is 0. The number of imidazole rings is 2. The zero-order valence-corrected chi connectivity index (χ0v) is 12.8. The van der Waals surface area contributed by atoms with Crippen molar-refractivity contribution in [2.24, 2.45) is 5.73 Å². The lowest BCUT2D eigenvalue weighted by Crippen LogP contribution is -2.08. The number of hydrogen-bond donors (Lipinski definition) is 1. The Morgan fingerprint density at radius 1 is 1.22 bits per heavy atom. The zero-order chi connectivity index (χ0) is 16.1. The van der Waals surface area contributed by atoms with Gasteiger partial charge in [0.25, 0.3) is 0 Å². The lowest BCUT2D eigenvalue weighted by molar-refractivity contribution is 0.656. The number of fused-ring (bicyclic) bond motifs is 5. The van der Waals surface area contributed by atoms with Crippen LogP contribution in [0.4, 0.5) is 0 Å². The van der Waals surface area contributed by atoms with Gasteiger partial charge in [-0.15, -0.1) is 0 Å². The van der Waals surface area contributed by atoms with Crippen LogP contribution < -0.4 is 5.73 Å². The molecule has 0 bridgehead atoms. The molecule has 23 heavy (non-hydrogen) atoms. The SMILES string of the molecule is C=Cc1c(C=C)n2c3c(nc2n1/C(N)=C/C)oc1ccccc13. The second-order valence-electron chi connectivity index (χ2n) is 5.23. The van der Waals surface area contributed by atoms with Crippen molar-refractivity contribution in [3.63, 3.8) is 0 Å². The van der Waals surface area contributed by atoms with E-state index in [2.05, 4.69) is 18.1 Å². The monoisotopic (exact) mass is 304 g/mol. The van der Waals surface area contributed by atoms with E-state index in [-0.39, 0.29) is 0 Å². The molecular weight excluding hydrogens is 288 g/mol. The molecule has 0 spiro atoms. The van der Waals surface area contributed by atoms with E-state index < -0.39 is 0 Å². The highest BCUT2D eigenvalue weighted by Crippen LogP contribution is 2.33. The molecule has 3 heterocycles. The van der Waals surface area contributed by atoms with Crippen LogP contribution in [0.5, 0.6) is 0 Å². The summed E-state index contributed by atoms with van der Waals surface area (Å²) in [5, 5.41) is 1.00. The van der Waals surface area contributed by atoms with Gasteiger partial charge in [0.05, 0.1) is 11.4 Å². The fourth-order valence-corrected chi connectivity index (χ4v) is 3.04. The Bertz CT molecular complexity index is 1120. The average molecular weight is 304 g/mol. The van der Waals surface area contributed by atoms with Crippen molar-refractivity contribution in [3.8, 4) is 0 Å². The Balaban J connectivity index is 2.31. The highest BCUT2D eigenvalue weighted by Gasteiger charge is 2.22. The maximum atomic E-state index is 6.17. The van der Waals surface area contributed by atoms with Gasteiger partial charge in [0, 0.05) is 5.39 Å². The van der Waals surface area contributed by atoms with Crippen molar-refractivity contribution in [3.05, 3.63) is 54.9 Å². The van der Waals surface area contributed by atoms with Crippen molar-refractivity contribution in [2.45, 2.75) is 6.92 Å². The minimum Gasteiger partial charge on any atom is -0.436 e. The van der Waals surface area contributed by atoms with E-state index in [4.69, 9.17) is 10.2 Å². The molecule has 4 rings (SSSR count). The summed E-state index contributed by atoms with van der Waals surface area (Å²) in [6.45, 7) is 9.73. The molecule has 0 fully saturated rings. The van der Waals surface area contributed by atoms with Crippen molar-refractivity contribution >= 4 is 46.0 Å². The normalized spacial score (nSPS) is 12.5. The molecule has 0 aliphatic rings. The maximum absolute atomic E-state index is 6.17. The van der Waals surface area contributed by atoms with Crippen molar-refractivity contribution in [2.75, 3.05) is 0 Å². The second kappa shape index (κ2) is 4.64. The van der Waals surface area contributed by atoms with E-state index in [9.17, 15) is 0 Å². The van der Waals surface area contributed by atoms with Crippen molar-refractivity contribution in [1.82, 2.24) is 14.0 Å². The van der Waals surface area contributed by atoms with Gasteiger partial charge < -0.3 is 10.2 Å². The summed E-state index contributed by atoms with van der Waals surface area (Å²) in [5.74, 6) is 1.26. The van der Waals surface area contributed by atoms with E-state index in [0.29, 0.717) is 17.3 Å². The molecule has 0 saturated carbocycles. The Kier molecular flexibility index (Phi) is 2.72. The third-order valence-corrected chi connectivity index (χ3v) is 4.06. The zero-order valence-electron chi connectivity index (χ0n) is 12.8. The molecule has 0 amide bonds. The molecular formula is C18H16N4O. The minimum atomic E-state index is 0.579. The first-order valence-electron chi connectivity index (χ1n) is 7.32. The van der Waals surface area contributed by atoms with Crippen LogP contribution in [-0.4, -0.2) is 14.0 Å². The summed E-state index contributed by atoms with van der Waals surface area (Å²) in [6, 6.07) is 7.88. The number of furan rings is 1. The Morgan fingerprint density at radius 3 is 2.65 bits per heavy atom. The summed E-state index contributed by atoms with van der Waals surface area (Å²) in [5.41, 5.74) is 10.2. The van der Waals surface area contributed by atoms with E-state index in [1.807, 2.05) is 46.2 Å². The number of nitrogens with two attached hydrogens (primary N) is 1. The molecule has 0 saturated heterocycles. The van der Waals surface area contributed by atoms with Crippen LogP contribution in [0.25, 0.3) is 46.0 Å². The molecule has 0 atom stereocenters. The van der Waals surface area contributed by atoms with Gasteiger partial charge in [-0.2, -0.15) is 4.98 Å². The van der Waals surface area contributed by atoms with Gasteiger partial charge in [-0.1, -0.05) is 25.3 Å². The third kappa shape index (κ3) is 1.59. The molecule has 5 nitrogen and oxygen atoms in total. The van der Waals surface area contributed by atoms with E-state index >= 15 is 0 Å². The molecule has 0 aliphatic carbocycles. The van der Waals surface area contributed by atoms with Crippen LogP contribution in [0, 0.1) is 0 Å². The quantitative estimate of drug-likeness (QED) is 0.620. The smallest absolute Gasteiger partial charge is 0.248 e.